The van der Waals surface area contributed by atoms with Crippen LogP contribution in [-0.4, -0.2) is 24.2 Å². The number of hydrogen-bond acceptors (Lipinski definition) is 4. The van der Waals surface area contributed by atoms with E-state index in [9.17, 15) is 9.59 Å². The molecule has 0 saturated carbocycles. The number of aromatic nitrogens is 4. The monoisotopic (exact) mass is 293 g/mol. The van der Waals surface area contributed by atoms with Crippen LogP contribution in [0, 0.1) is 0 Å². The van der Waals surface area contributed by atoms with Crippen molar-refractivity contribution in [3.63, 3.8) is 0 Å². The largest absolute Gasteiger partial charge is 0.332 e. The minimum absolute atomic E-state index is 0.297. The quantitative estimate of drug-likeness (QED) is 0.871. The molecule has 0 aliphatic heterocycles. The van der Waals surface area contributed by atoms with E-state index in [4.69, 9.17) is 5.73 Å². The second-order valence-electron chi connectivity index (χ2n) is 6.02. The number of nitrogens with two attached hydrogens (primary N) is 1. The van der Waals surface area contributed by atoms with Gasteiger partial charge in [-0.2, -0.15) is 0 Å². The number of hydrogen-bond donors (Lipinski definition) is 1. The maximum absolute atomic E-state index is 12.6. The third-order valence-electron chi connectivity index (χ3n) is 3.32. The van der Waals surface area contributed by atoms with Crippen LogP contribution in [0.25, 0.3) is 11.2 Å². The molecule has 7 nitrogen and oxygen atoms in total. The Hall–Kier alpha value is -1.89. The molecule has 0 aromatic carbocycles. The maximum Gasteiger partial charge on any atom is 0.332 e. The van der Waals surface area contributed by atoms with Gasteiger partial charge in [-0.05, 0) is 27.2 Å². The number of rotatable bonds is 5. The van der Waals surface area contributed by atoms with Crippen LogP contribution in [-0.2, 0) is 19.6 Å². The predicted octanol–water partition coefficient (Wildman–Crippen LogP) is 0.527. The predicted molar refractivity (Wildman–Crippen MR) is 82.5 cm³/mol. The van der Waals surface area contributed by atoms with Crippen molar-refractivity contribution >= 4 is 11.2 Å². The average molecular weight is 293 g/mol. The van der Waals surface area contributed by atoms with E-state index in [-0.39, 0.29) is 11.2 Å². The van der Waals surface area contributed by atoms with Crippen molar-refractivity contribution in [2.75, 3.05) is 0 Å². The molecular weight excluding hydrogens is 270 g/mol. The Morgan fingerprint density at radius 1 is 1.24 bits per heavy atom. The van der Waals surface area contributed by atoms with Gasteiger partial charge in [0.15, 0.2) is 11.2 Å². The molecule has 0 bridgehead atoms. The molecule has 2 aromatic heterocycles. The highest BCUT2D eigenvalue weighted by Gasteiger charge is 2.20. The van der Waals surface area contributed by atoms with E-state index in [1.165, 1.54) is 4.57 Å². The second kappa shape index (κ2) is 5.48. The van der Waals surface area contributed by atoms with Crippen molar-refractivity contribution in [3.05, 3.63) is 27.2 Å². The first-order valence-corrected chi connectivity index (χ1v) is 7.27. The van der Waals surface area contributed by atoms with Gasteiger partial charge in [-0.3, -0.25) is 13.9 Å². The molecule has 0 atom stereocenters. The lowest BCUT2D eigenvalue weighted by molar-refractivity contribution is 0.439. The van der Waals surface area contributed by atoms with Gasteiger partial charge in [0.25, 0.3) is 5.56 Å². The van der Waals surface area contributed by atoms with E-state index in [0.717, 1.165) is 6.42 Å². The third kappa shape index (κ3) is 2.78. The first-order valence-electron chi connectivity index (χ1n) is 7.27. The van der Waals surface area contributed by atoms with Crippen LogP contribution in [0.3, 0.4) is 0 Å². The molecule has 0 aliphatic carbocycles. The van der Waals surface area contributed by atoms with Gasteiger partial charge >= 0.3 is 5.69 Å². The molecule has 0 amide bonds. The van der Waals surface area contributed by atoms with Crippen LogP contribution in [0.15, 0.2) is 15.9 Å². The smallest absolute Gasteiger partial charge is 0.324 e. The summed E-state index contributed by atoms with van der Waals surface area (Å²) in [4.78, 5) is 29.2. The molecule has 21 heavy (non-hydrogen) atoms. The standard InChI is InChI=1S/C14H23N5O2/c1-5-7-19-11-10(12(20)18(6-2)13(19)21)17(9-16-11)8-14(3,4)15/h9H,5-8,15H2,1-4H3. The Kier molecular flexibility index (Phi) is 4.04. The summed E-state index contributed by atoms with van der Waals surface area (Å²) >= 11 is 0. The van der Waals surface area contributed by atoms with Gasteiger partial charge in [-0.15, -0.1) is 0 Å². The van der Waals surface area contributed by atoms with Gasteiger partial charge in [0.1, 0.15) is 0 Å². The molecule has 2 rings (SSSR count). The highest BCUT2D eigenvalue weighted by atomic mass is 16.2. The third-order valence-corrected chi connectivity index (χ3v) is 3.32. The molecular formula is C14H23N5O2. The molecule has 0 fully saturated rings. The molecule has 0 spiro atoms. The fourth-order valence-corrected chi connectivity index (χ4v) is 2.50. The van der Waals surface area contributed by atoms with Crippen molar-refractivity contribution < 1.29 is 0 Å². The van der Waals surface area contributed by atoms with Gasteiger partial charge in [-0.25, -0.2) is 9.78 Å². The topological polar surface area (TPSA) is 87.8 Å². The number of nitrogens with zero attached hydrogens (tertiary/aromatic N) is 4. The van der Waals surface area contributed by atoms with E-state index in [1.54, 1.807) is 22.4 Å². The second-order valence-corrected chi connectivity index (χ2v) is 6.02. The number of fused-ring (bicyclic) bond motifs is 1. The normalized spacial score (nSPS) is 12.2. The molecule has 0 aliphatic rings. The minimum Gasteiger partial charge on any atom is -0.324 e. The molecule has 7 heteroatoms. The average Bonchev–Trinajstić information content (AvgIpc) is 2.76. The molecule has 2 heterocycles. The highest BCUT2D eigenvalue weighted by Crippen LogP contribution is 2.11. The van der Waals surface area contributed by atoms with Crippen LogP contribution in [0.5, 0.6) is 0 Å². The van der Waals surface area contributed by atoms with Crippen molar-refractivity contribution in [1.82, 2.24) is 18.7 Å². The molecule has 2 aromatic rings. The van der Waals surface area contributed by atoms with E-state index in [1.807, 2.05) is 20.8 Å². The zero-order valence-corrected chi connectivity index (χ0v) is 13.1. The zero-order valence-electron chi connectivity index (χ0n) is 13.1. The van der Waals surface area contributed by atoms with Crippen LogP contribution in [0.4, 0.5) is 0 Å². The number of aryl methyl sites for hydroxylation is 1. The van der Waals surface area contributed by atoms with Crippen molar-refractivity contribution in [2.45, 2.75) is 59.3 Å². The van der Waals surface area contributed by atoms with Gasteiger partial charge in [0.2, 0.25) is 0 Å². The molecule has 2 N–H and O–H groups in total. The zero-order chi connectivity index (χ0) is 15.8. The maximum atomic E-state index is 12.6. The van der Waals surface area contributed by atoms with Gasteiger partial charge in [-0.1, -0.05) is 6.92 Å². The van der Waals surface area contributed by atoms with Crippen molar-refractivity contribution in [1.29, 1.82) is 0 Å². The SMILES string of the molecule is CCCn1c(=O)n(CC)c(=O)c2c1ncn2CC(C)(C)N. The van der Waals surface area contributed by atoms with Crippen LogP contribution in [0.1, 0.15) is 34.1 Å². The summed E-state index contributed by atoms with van der Waals surface area (Å²) in [5, 5.41) is 0. The fraction of sp³-hybridized carbons (Fsp3) is 0.643. The Morgan fingerprint density at radius 2 is 1.90 bits per heavy atom. The lowest BCUT2D eigenvalue weighted by atomic mass is 10.1. The van der Waals surface area contributed by atoms with Crippen molar-refractivity contribution in [3.8, 4) is 0 Å². The summed E-state index contributed by atoms with van der Waals surface area (Å²) in [6.07, 6.45) is 2.39. The summed E-state index contributed by atoms with van der Waals surface area (Å²) in [5.74, 6) is 0. The molecule has 0 saturated heterocycles. The lowest BCUT2D eigenvalue weighted by Crippen LogP contribution is -2.41. The summed E-state index contributed by atoms with van der Waals surface area (Å²) in [5.41, 5.74) is 5.87. The first kappa shape index (κ1) is 15.5. The van der Waals surface area contributed by atoms with Gasteiger partial charge < -0.3 is 10.3 Å². The Balaban J connectivity index is 2.81. The summed E-state index contributed by atoms with van der Waals surface area (Å²) in [7, 11) is 0. The Labute approximate surface area is 123 Å². The van der Waals surface area contributed by atoms with E-state index in [0.29, 0.717) is 30.8 Å². The highest BCUT2D eigenvalue weighted by molar-refractivity contribution is 5.70. The lowest BCUT2D eigenvalue weighted by Gasteiger charge is -2.19. The summed E-state index contributed by atoms with van der Waals surface area (Å²) in [6, 6.07) is 0. The van der Waals surface area contributed by atoms with Gasteiger partial charge in [0, 0.05) is 25.2 Å². The summed E-state index contributed by atoms with van der Waals surface area (Å²) in [6.45, 7) is 8.90. The molecule has 0 radical (unpaired) electrons. The first-order chi connectivity index (χ1) is 9.80. The Morgan fingerprint density at radius 3 is 2.43 bits per heavy atom. The van der Waals surface area contributed by atoms with E-state index >= 15 is 0 Å². The fourth-order valence-electron chi connectivity index (χ4n) is 2.50. The van der Waals surface area contributed by atoms with Crippen molar-refractivity contribution in [2.24, 2.45) is 5.73 Å². The number of imidazole rings is 1. The van der Waals surface area contributed by atoms with Crippen LogP contribution in [0.2, 0.25) is 0 Å². The minimum atomic E-state index is -0.469. The van der Waals surface area contributed by atoms with E-state index in [2.05, 4.69) is 4.98 Å². The Bertz CT molecular complexity index is 760. The van der Waals surface area contributed by atoms with Gasteiger partial charge in [0.05, 0.1) is 6.33 Å². The van der Waals surface area contributed by atoms with E-state index < -0.39 is 5.54 Å². The van der Waals surface area contributed by atoms with Crippen LogP contribution < -0.4 is 17.0 Å². The summed E-state index contributed by atoms with van der Waals surface area (Å²) < 4.78 is 4.56. The molecule has 116 valence electrons. The molecule has 0 unspecified atom stereocenters. The van der Waals surface area contributed by atoms with Crippen LogP contribution >= 0.6 is 0 Å².